The predicted molar refractivity (Wildman–Crippen MR) is 83.6 cm³/mol. The van der Waals surface area contributed by atoms with Crippen LogP contribution in [0.1, 0.15) is 30.0 Å². The van der Waals surface area contributed by atoms with Crippen molar-refractivity contribution in [1.29, 1.82) is 0 Å². The van der Waals surface area contributed by atoms with Crippen LogP contribution in [0.25, 0.3) is 0 Å². The van der Waals surface area contributed by atoms with Gasteiger partial charge in [-0.05, 0) is 30.1 Å². The molecule has 22 heavy (non-hydrogen) atoms. The average Bonchev–Trinajstić information content (AvgIpc) is 2.94. The molecule has 7 nitrogen and oxygen atoms in total. The third kappa shape index (κ3) is 3.97. The summed E-state index contributed by atoms with van der Waals surface area (Å²) in [7, 11) is 3.64. The van der Waals surface area contributed by atoms with Crippen molar-refractivity contribution in [3.8, 4) is 0 Å². The Morgan fingerprint density at radius 1 is 1.36 bits per heavy atom. The Morgan fingerprint density at radius 2 is 2.09 bits per heavy atom. The summed E-state index contributed by atoms with van der Waals surface area (Å²) < 4.78 is 5.04. The molecular formula is C15H21N5O2. The van der Waals surface area contributed by atoms with Crippen LogP contribution >= 0.6 is 0 Å². The lowest BCUT2D eigenvalue weighted by Gasteiger charge is -2.16. The second-order valence-electron chi connectivity index (χ2n) is 5.29. The maximum absolute atomic E-state index is 11.9. The lowest BCUT2D eigenvalue weighted by molar-refractivity contribution is 0.235. The second-order valence-corrected chi connectivity index (χ2v) is 5.29. The summed E-state index contributed by atoms with van der Waals surface area (Å²) in [6.07, 6.45) is 0. The zero-order chi connectivity index (χ0) is 16.1. The Morgan fingerprint density at radius 3 is 2.73 bits per heavy atom. The minimum absolute atomic E-state index is 0.0822. The van der Waals surface area contributed by atoms with Gasteiger partial charge in [-0.3, -0.25) is 0 Å². The van der Waals surface area contributed by atoms with Gasteiger partial charge in [0.05, 0.1) is 12.6 Å². The van der Waals surface area contributed by atoms with E-state index < -0.39 is 0 Å². The van der Waals surface area contributed by atoms with Crippen LogP contribution in [0.4, 0.5) is 10.7 Å². The monoisotopic (exact) mass is 303 g/mol. The van der Waals surface area contributed by atoms with E-state index in [1.54, 1.807) is 4.90 Å². The van der Waals surface area contributed by atoms with Gasteiger partial charge in [0, 0.05) is 14.1 Å². The molecule has 1 aromatic heterocycles. The molecule has 0 saturated carbocycles. The number of hydrogen-bond donors (Lipinski definition) is 2. The van der Waals surface area contributed by atoms with Crippen LogP contribution in [0.2, 0.25) is 0 Å². The fraction of sp³-hybridized carbons (Fsp3) is 0.400. The molecule has 0 spiro atoms. The highest BCUT2D eigenvalue weighted by Gasteiger charge is 2.13. The summed E-state index contributed by atoms with van der Waals surface area (Å²) in [5.41, 5.74) is 2.23. The number of urea groups is 1. The van der Waals surface area contributed by atoms with E-state index in [0.717, 1.165) is 11.1 Å². The van der Waals surface area contributed by atoms with Crippen molar-refractivity contribution in [3.63, 3.8) is 0 Å². The molecule has 0 aliphatic rings. The van der Waals surface area contributed by atoms with E-state index in [2.05, 4.69) is 20.8 Å². The molecule has 0 aliphatic heterocycles. The lowest BCUT2D eigenvalue weighted by Crippen LogP contribution is -2.36. The largest absolute Gasteiger partial charge is 0.344 e. The summed E-state index contributed by atoms with van der Waals surface area (Å²) >= 11 is 0. The molecular weight excluding hydrogens is 282 g/mol. The number of aromatic nitrogens is 2. The number of carbonyl (C=O) groups is 1. The smallest absolute Gasteiger partial charge is 0.315 e. The quantitative estimate of drug-likeness (QED) is 0.882. The van der Waals surface area contributed by atoms with E-state index in [4.69, 9.17) is 4.52 Å². The van der Waals surface area contributed by atoms with E-state index in [1.165, 1.54) is 0 Å². The van der Waals surface area contributed by atoms with Gasteiger partial charge in [0.25, 0.3) is 5.95 Å². The molecule has 2 N–H and O–H groups in total. The molecule has 118 valence electrons. The average molecular weight is 303 g/mol. The van der Waals surface area contributed by atoms with Crippen LogP contribution in [0.15, 0.2) is 28.8 Å². The maximum Gasteiger partial charge on any atom is 0.315 e. The molecule has 0 fully saturated rings. The third-order valence-corrected chi connectivity index (χ3v) is 3.26. The van der Waals surface area contributed by atoms with Crippen LogP contribution in [-0.2, 0) is 6.54 Å². The van der Waals surface area contributed by atoms with Crippen LogP contribution in [-0.4, -0.2) is 30.3 Å². The second kappa shape index (κ2) is 6.93. The Balaban J connectivity index is 1.86. The van der Waals surface area contributed by atoms with Gasteiger partial charge in [-0.1, -0.05) is 24.3 Å². The molecule has 2 aromatic rings. The van der Waals surface area contributed by atoms with Gasteiger partial charge in [-0.2, -0.15) is 4.98 Å². The minimum Gasteiger partial charge on any atom is -0.344 e. The molecule has 1 atom stereocenters. The van der Waals surface area contributed by atoms with Crippen molar-refractivity contribution < 1.29 is 9.32 Å². The van der Waals surface area contributed by atoms with E-state index in [0.29, 0.717) is 11.8 Å². The van der Waals surface area contributed by atoms with E-state index in [1.807, 2.05) is 52.2 Å². The van der Waals surface area contributed by atoms with Gasteiger partial charge in [-0.15, -0.1) is 0 Å². The van der Waals surface area contributed by atoms with Gasteiger partial charge in [0.2, 0.25) is 5.89 Å². The normalized spacial score (nSPS) is 11.8. The Kier molecular flexibility index (Phi) is 4.98. The van der Waals surface area contributed by atoms with Gasteiger partial charge in [0.1, 0.15) is 0 Å². The highest BCUT2D eigenvalue weighted by atomic mass is 16.5. The zero-order valence-corrected chi connectivity index (χ0v) is 13.3. The lowest BCUT2D eigenvalue weighted by atomic mass is 10.0. The number of hydrogen-bond acceptors (Lipinski definition) is 5. The fourth-order valence-corrected chi connectivity index (χ4v) is 2.05. The first-order chi connectivity index (χ1) is 10.5. The number of anilines is 1. The molecule has 0 unspecified atom stereocenters. The first-order valence-electron chi connectivity index (χ1n) is 7.07. The van der Waals surface area contributed by atoms with Crippen molar-refractivity contribution >= 4 is 12.0 Å². The van der Waals surface area contributed by atoms with E-state index in [-0.39, 0.29) is 18.6 Å². The zero-order valence-electron chi connectivity index (χ0n) is 13.3. The summed E-state index contributed by atoms with van der Waals surface area (Å²) in [5.74, 6) is 0.841. The Bertz CT molecular complexity index is 638. The highest BCUT2D eigenvalue weighted by Crippen LogP contribution is 2.16. The van der Waals surface area contributed by atoms with Crippen LogP contribution in [0, 0.1) is 6.92 Å². The summed E-state index contributed by atoms with van der Waals surface area (Å²) in [6, 6.07) is 7.60. The summed E-state index contributed by atoms with van der Waals surface area (Å²) in [5, 5.41) is 9.37. The Labute approximate surface area is 129 Å². The molecule has 1 aromatic carbocycles. The SMILES string of the molecule is Cc1ccccc1[C@H](C)NC(=O)NCc1nc(N(C)C)no1. The van der Waals surface area contributed by atoms with Crippen molar-refractivity contribution in [2.24, 2.45) is 0 Å². The molecule has 2 rings (SSSR count). The van der Waals surface area contributed by atoms with Gasteiger partial charge >= 0.3 is 6.03 Å². The van der Waals surface area contributed by atoms with Crippen LogP contribution in [0.3, 0.4) is 0 Å². The minimum atomic E-state index is -0.277. The maximum atomic E-state index is 11.9. The third-order valence-electron chi connectivity index (χ3n) is 3.26. The summed E-state index contributed by atoms with van der Waals surface area (Å²) in [4.78, 5) is 17.8. The number of amides is 2. The Hall–Kier alpha value is -2.57. The number of benzene rings is 1. The summed E-state index contributed by atoms with van der Waals surface area (Å²) in [6.45, 7) is 4.15. The highest BCUT2D eigenvalue weighted by molar-refractivity contribution is 5.74. The van der Waals surface area contributed by atoms with Crippen molar-refractivity contribution in [2.45, 2.75) is 26.4 Å². The topological polar surface area (TPSA) is 83.3 Å². The number of aryl methyl sites for hydroxylation is 1. The van der Waals surface area contributed by atoms with Crippen LogP contribution in [0.5, 0.6) is 0 Å². The molecule has 2 amide bonds. The first kappa shape index (κ1) is 15.8. The molecule has 0 radical (unpaired) electrons. The number of carbonyl (C=O) groups excluding carboxylic acids is 1. The van der Waals surface area contributed by atoms with Crippen LogP contribution < -0.4 is 15.5 Å². The fourth-order valence-electron chi connectivity index (χ4n) is 2.05. The van der Waals surface area contributed by atoms with Gasteiger partial charge in [-0.25, -0.2) is 4.79 Å². The van der Waals surface area contributed by atoms with E-state index in [9.17, 15) is 4.79 Å². The van der Waals surface area contributed by atoms with E-state index >= 15 is 0 Å². The molecule has 1 heterocycles. The number of nitrogens with zero attached hydrogens (tertiary/aromatic N) is 3. The molecule has 0 aliphatic carbocycles. The van der Waals surface area contributed by atoms with Crippen molar-refractivity contribution in [1.82, 2.24) is 20.8 Å². The first-order valence-corrected chi connectivity index (χ1v) is 7.07. The predicted octanol–water partition coefficient (Wildman–Crippen LogP) is 2.00. The van der Waals surface area contributed by atoms with Crippen molar-refractivity contribution in [2.75, 3.05) is 19.0 Å². The van der Waals surface area contributed by atoms with Gasteiger partial charge in [0.15, 0.2) is 0 Å². The standard InChI is InChI=1S/C15H21N5O2/c1-10-7-5-6-8-12(10)11(2)17-15(21)16-9-13-18-14(19-22-13)20(3)4/h5-8,11H,9H2,1-4H3,(H2,16,17,21)/t11-/m0/s1. The number of rotatable bonds is 5. The molecule has 7 heteroatoms. The number of nitrogens with one attached hydrogen (secondary N) is 2. The molecule has 0 saturated heterocycles. The molecule has 0 bridgehead atoms. The van der Waals surface area contributed by atoms with Gasteiger partial charge < -0.3 is 20.1 Å². The van der Waals surface area contributed by atoms with Crippen molar-refractivity contribution in [3.05, 3.63) is 41.3 Å².